The van der Waals surface area contributed by atoms with Gasteiger partial charge in [-0.05, 0) is 37.6 Å². The molecule has 0 aliphatic rings. The Kier molecular flexibility index (Phi) is 5.76. The molecule has 0 saturated carbocycles. The molecule has 0 saturated heterocycles. The molecule has 0 unspecified atom stereocenters. The van der Waals surface area contributed by atoms with Crippen molar-refractivity contribution in [3.8, 4) is 5.75 Å². The van der Waals surface area contributed by atoms with Gasteiger partial charge in [0.05, 0.1) is 12.3 Å². The van der Waals surface area contributed by atoms with E-state index in [1.807, 2.05) is 38.1 Å². The first-order chi connectivity index (χ1) is 13.1. The Bertz CT molecular complexity index is 962. The molecule has 2 N–H and O–H groups in total. The fraction of sp³-hybridized carbons (Fsp3) is 0.238. The van der Waals surface area contributed by atoms with E-state index in [1.165, 1.54) is 0 Å². The van der Waals surface area contributed by atoms with Gasteiger partial charge < -0.3 is 19.8 Å². The number of rotatable bonds is 7. The molecular formula is C21H22N2O4. The van der Waals surface area contributed by atoms with E-state index in [-0.39, 0.29) is 11.7 Å². The largest absolute Gasteiger partial charge is 0.492 e. The van der Waals surface area contributed by atoms with Crippen molar-refractivity contribution >= 4 is 34.2 Å². The number of carbonyl (C=O) groups is 2. The summed E-state index contributed by atoms with van der Waals surface area (Å²) in [6.07, 6.45) is 1.08. The van der Waals surface area contributed by atoms with Crippen LogP contribution in [0.1, 0.15) is 37.2 Å². The number of carbonyl (C=O) groups excluding carboxylic acids is 2. The van der Waals surface area contributed by atoms with Gasteiger partial charge in [0.1, 0.15) is 17.0 Å². The van der Waals surface area contributed by atoms with Gasteiger partial charge >= 0.3 is 0 Å². The lowest BCUT2D eigenvalue weighted by Gasteiger charge is -2.11. The van der Waals surface area contributed by atoms with Crippen LogP contribution in [0.5, 0.6) is 5.75 Å². The van der Waals surface area contributed by atoms with Gasteiger partial charge in [0.25, 0.3) is 5.91 Å². The highest BCUT2D eigenvalue weighted by Crippen LogP contribution is 2.32. The van der Waals surface area contributed by atoms with Crippen molar-refractivity contribution in [1.82, 2.24) is 0 Å². The summed E-state index contributed by atoms with van der Waals surface area (Å²) < 4.78 is 11.3. The van der Waals surface area contributed by atoms with Gasteiger partial charge in [0.15, 0.2) is 0 Å². The van der Waals surface area contributed by atoms with Crippen LogP contribution in [0.3, 0.4) is 0 Å². The predicted octanol–water partition coefficient (Wildman–Crippen LogP) is 4.82. The third-order valence-electron chi connectivity index (χ3n) is 3.98. The topological polar surface area (TPSA) is 80.6 Å². The molecule has 1 heterocycles. The van der Waals surface area contributed by atoms with E-state index >= 15 is 0 Å². The second kappa shape index (κ2) is 8.40. The Morgan fingerprint density at radius 2 is 1.74 bits per heavy atom. The van der Waals surface area contributed by atoms with Crippen LogP contribution >= 0.6 is 0 Å². The number of furan rings is 1. The van der Waals surface area contributed by atoms with Gasteiger partial charge in [0, 0.05) is 11.8 Å². The van der Waals surface area contributed by atoms with Crippen molar-refractivity contribution in [2.75, 3.05) is 17.2 Å². The van der Waals surface area contributed by atoms with Crippen LogP contribution in [0.15, 0.2) is 52.9 Å². The Labute approximate surface area is 157 Å². The van der Waals surface area contributed by atoms with Crippen molar-refractivity contribution in [3.63, 3.8) is 0 Å². The highest BCUT2D eigenvalue weighted by atomic mass is 16.5. The Hall–Kier alpha value is -3.28. The fourth-order valence-corrected chi connectivity index (χ4v) is 2.79. The monoisotopic (exact) mass is 366 g/mol. The zero-order valence-electron chi connectivity index (χ0n) is 15.4. The first-order valence-electron chi connectivity index (χ1n) is 8.98. The maximum absolute atomic E-state index is 12.9. The van der Waals surface area contributed by atoms with Crippen molar-refractivity contribution in [1.29, 1.82) is 0 Å². The van der Waals surface area contributed by atoms with E-state index in [2.05, 4.69) is 10.6 Å². The molecule has 6 heteroatoms. The highest BCUT2D eigenvalue weighted by molar-refractivity contribution is 6.14. The van der Waals surface area contributed by atoms with E-state index in [9.17, 15) is 9.59 Å². The second-order valence-electron chi connectivity index (χ2n) is 5.98. The van der Waals surface area contributed by atoms with E-state index < -0.39 is 5.91 Å². The number of amides is 2. The lowest BCUT2D eigenvalue weighted by molar-refractivity contribution is -0.116. The van der Waals surface area contributed by atoms with Gasteiger partial charge in [-0.2, -0.15) is 0 Å². The summed E-state index contributed by atoms with van der Waals surface area (Å²) in [5.41, 5.74) is 1.46. The molecule has 27 heavy (non-hydrogen) atoms. The number of hydrogen-bond donors (Lipinski definition) is 2. The maximum Gasteiger partial charge on any atom is 0.293 e. The van der Waals surface area contributed by atoms with Crippen LogP contribution in [0.25, 0.3) is 11.0 Å². The van der Waals surface area contributed by atoms with E-state index in [1.54, 1.807) is 24.3 Å². The SMILES string of the molecule is CCCC(=O)Nc1c(C(=O)Nc2ccccc2OCC)oc2ccccc12. The summed E-state index contributed by atoms with van der Waals surface area (Å²) >= 11 is 0. The minimum absolute atomic E-state index is 0.0620. The minimum Gasteiger partial charge on any atom is -0.492 e. The fourth-order valence-electron chi connectivity index (χ4n) is 2.79. The number of nitrogens with one attached hydrogen (secondary N) is 2. The zero-order valence-corrected chi connectivity index (χ0v) is 15.4. The standard InChI is InChI=1S/C21H22N2O4/c1-3-9-18(24)23-19-14-10-5-7-12-16(14)27-20(19)21(25)22-15-11-6-8-13-17(15)26-4-2/h5-8,10-13H,3-4,9H2,1-2H3,(H,22,25)(H,23,24). The molecule has 0 aliphatic heterocycles. The van der Waals surface area contributed by atoms with Gasteiger partial charge in [-0.3, -0.25) is 9.59 Å². The summed E-state index contributed by atoms with van der Waals surface area (Å²) in [6, 6.07) is 14.4. The van der Waals surface area contributed by atoms with Crippen molar-refractivity contribution in [2.45, 2.75) is 26.7 Å². The van der Waals surface area contributed by atoms with Crippen LogP contribution in [-0.4, -0.2) is 18.4 Å². The summed E-state index contributed by atoms with van der Waals surface area (Å²) in [7, 11) is 0. The molecule has 2 aromatic carbocycles. The molecule has 1 aromatic heterocycles. The van der Waals surface area contributed by atoms with Crippen LogP contribution in [-0.2, 0) is 4.79 Å². The summed E-state index contributed by atoms with van der Waals surface area (Å²) in [6.45, 7) is 4.28. The van der Waals surface area contributed by atoms with E-state index in [0.717, 1.165) is 0 Å². The normalized spacial score (nSPS) is 10.6. The molecule has 0 atom stereocenters. The van der Waals surface area contributed by atoms with Crippen LogP contribution in [0, 0.1) is 0 Å². The first-order valence-corrected chi connectivity index (χ1v) is 8.98. The molecule has 0 bridgehead atoms. The minimum atomic E-state index is -0.454. The molecule has 0 spiro atoms. The van der Waals surface area contributed by atoms with Gasteiger partial charge in [-0.15, -0.1) is 0 Å². The molecule has 0 aliphatic carbocycles. The van der Waals surface area contributed by atoms with Gasteiger partial charge in [-0.1, -0.05) is 31.2 Å². The number of anilines is 2. The quantitative estimate of drug-likeness (QED) is 0.628. The molecule has 6 nitrogen and oxygen atoms in total. The number of fused-ring (bicyclic) bond motifs is 1. The Balaban J connectivity index is 1.95. The first kappa shape index (κ1) is 18.5. The summed E-state index contributed by atoms with van der Waals surface area (Å²) in [4.78, 5) is 25.0. The molecule has 0 fully saturated rings. The summed E-state index contributed by atoms with van der Waals surface area (Å²) in [5.74, 6) is 0.0194. The lowest BCUT2D eigenvalue weighted by Crippen LogP contribution is -2.17. The maximum atomic E-state index is 12.9. The van der Waals surface area contributed by atoms with E-state index in [0.29, 0.717) is 47.5 Å². The number of benzene rings is 2. The van der Waals surface area contributed by atoms with E-state index in [4.69, 9.17) is 9.15 Å². The average molecular weight is 366 g/mol. The average Bonchev–Trinajstić information content (AvgIpc) is 3.02. The number of para-hydroxylation sites is 3. The predicted molar refractivity (Wildman–Crippen MR) is 105 cm³/mol. The van der Waals surface area contributed by atoms with Crippen LogP contribution in [0.4, 0.5) is 11.4 Å². The van der Waals surface area contributed by atoms with Crippen molar-refractivity contribution in [3.05, 3.63) is 54.3 Å². The van der Waals surface area contributed by atoms with Crippen LogP contribution in [0.2, 0.25) is 0 Å². The summed E-state index contributed by atoms with van der Waals surface area (Å²) in [5, 5.41) is 6.31. The number of hydrogen-bond acceptors (Lipinski definition) is 4. The molecule has 3 rings (SSSR count). The third kappa shape index (κ3) is 4.11. The van der Waals surface area contributed by atoms with Crippen molar-refractivity contribution < 1.29 is 18.7 Å². The van der Waals surface area contributed by atoms with Crippen LogP contribution < -0.4 is 15.4 Å². The zero-order chi connectivity index (χ0) is 19.2. The second-order valence-corrected chi connectivity index (χ2v) is 5.98. The molecule has 3 aromatic rings. The Morgan fingerprint density at radius 3 is 2.52 bits per heavy atom. The molecule has 0 radical (unpaired) electrons. The molecule has 2 amide bonds. The lowest BCUT2D eigenvalue weighted by atomic mass is 10.2. The smallest absolute Gasteiger partial charge is 0.293 e. The third-order valence-corrected chi connectivity index (χ3v) is 3.98. The van der Waals surface area contributed by atoms with Crippen molar-refractivity contribution in [2.24, 2.45) is 0 Å². The Morgan fingerprint density at radius 1 is 1.00 bits per heavy atom. The number of ether oxygens (including phenoxy) is 1. The highest BCUT2D eigenvalue weighted by Gasteiger charge is 2.23. The molecule has 140 valence electrons. The van der Waals surface area contributed by atoms with Gasteiger partial charge in [-0.25, -0.2) is 0 Å². The molecular weight excluding hydrogens is 344 g/mol. The van der Waals surface area contributed by atoms with Gasteiger partial charge in [0.2, 0.25) is 11.7 Å².